The van der Waals surface area contributed by atoms with Gasteiger partial charge in [0, 0.05) is 32.7 Å². The highest BCUT2D eigenvalue weighted by molar-refractivity contribution is 6.16. The van der Waals surface area contributed by atoms with Crippen molar-refractivity contribution in [1.82, 2.24) is 25.3 Å². The molecule has 4 amide bonds. The van der Waals surface area contributed by atoms with Crippen LogP contribution in [0.25, 0.3) is 0 Å². The predicted molar refractivity (Wildman–Crippen MR) is 193 cm³/mol. The maximum Gasteiger partial charge on any atom is 0.317 e. The molecule has 2 heterocycles. The first-order chi connectivity index (χ1) is 25.2. The second-order valence-electron chi connectivity index (χ2n) is 14.1. The van der Waals surface area contributed by atoms with Crippen LogP contribution in [-0.4, -0.2) is 129 Å². The SMILES string of the molecule is CC(C)C[C@H](NC(=O)Cc1ccccc1)C(=O)N[C@@H](CC(=O)O)C(=O)[C@@]1(C(=O)N2CCN(CC(=O)O)CC2)CCCN1C(=O)[C@@H](N)Cc1ccccc1. The van der Waals surface area contributed by atoms with Crippen molar-refractivity contribution in [3.63, 3.8) is 0 Å². The Bertz CT molecular complexity index is 1630. The highest BCUT2D eigenvalue weighted by Gasteiger charge is 2.59. The van der Waals surface area contributed by atoms with Gasteiger partial charge in [0.05, 0.1) is 25.4 Å². The molecule has 6 N–H and O–H groups in total. The molecule has 4 atom stereocenters. The first-order valence-electron chi connectivity index (χ1n) is 18.0. The number of nitrogens with one attached hydrogen (secondary N) is 2. The maximum absolute atomic E-state index is 14.9. The highest BCUT2D eigenvalue weighted by Crippen LogP contribution is 2.35. The van der Waals surface area contributed by atoms with Gasteiger partial charge in [-0.15, -0.1) is 0 Å². The second-order valence-corrected chi connectivity index (χ2v) is 14.1. The summed E-state index contributed by atoms with van der Waals surface area (Å²) in [6.45, 7) is 3.92. The van der Waals surface area contributed by atoms with Gasteiger partial charge >= 0.3 is 11.9 Å². The van der Waals surface area contributed by atoms with Gasteiger partial charge in [-0.2, -0.15) is 0 Å². The number of nitrogens with zero attached hydrogens (tertiary/aromatic N) is 3. The zero-order valence-electron chi connectivity index (χ0n) is 30.2. The molecule has 0 aliphatic carbocycles. The summed E-state index contributed by atoms with van der Waals surface area (Å²) in [7, 11) is 0. The molecule has 0 unspecified atom stereocenters. The van der Waals surface area contributed by atoms with Gasteiger partial charge in [-0.1, -0.05) is 74.5 Å². The number of Topliss-reactive ketones (excluding diaryl/α,β-unsaturated/α-hetero) is 1. The van der Waals surface area contributed by atoms with E-state index in [9.17, 15) is 43.8 Å². The third kappa shape index (κ3) is 10.7. The molecule has 15 nitrogen and oxygen atoms in total. The summed E-state index contributed by atoms with van der Waals surface area (Å²) in [5, 5.41) is 24.5. The van der Waals surface area contributed by atoms with Gasteiger partial charge in [0.25, 0.3) is 5.91 Å². The lowest BCUT2D eigenvalue weighted by molar-refractivity contribution is -0.161. The molecule has 0 radical (unpaired) electrons. The fourth-order valence-electron chi connectivity index (χ4n) is 7.09. The van der Waals surface area contributed by atoms with Crippen molar-refractivity contribution in [2.75, 3.05) is 39.3 Å². The van der Waals surface area contributed by atoms with Crippen molar-refractivity contribution in [3.05, 3.63) is 71.8 Å². The van der Waals surface area contributed by atoms with E-state index >= 15 is 0 Å². The van der Waals surface area contributed by atoms with Crippen LogP contribution in [0.15, 0.2) is 60.7 Å². The number of carbonyl (C=O) groups is 7. The molecule has 2 aliphatic heterocycles. The molecule has 2 aromatic rings. The van der Waals surface area contributed by atoms with E-state index in [0.29, 0.717) is 5.56 Å². The zero-order valence-corrected chi connectivity index (χ0v) is 30.2. The van der Waals surface area contributed by atoms with Crippen molar-refractivity contribution in [3.8, 4) is 0 Å². The van der Waals surface area contributed by atoms with Crippen LogP contribution in [0.2, 0.25) is 0 Å². The number of ketones is 1. The van der Waals surface area contributed by atoms with Crippen LogP contribution < -0.4 is 16.4 Å². The van der Waals surface area contributed by atoms with E-state index in [4.69, 9.17) is 5.73 Å². The van der Waals surface area contributed by atoms with E-state index in [1.54, 1.807) is 53.4 Å². The standard InChI is InChI=1S/C38H50N6O9/c1-25(2)20-30(40-31(45)22-27-12-7-4-8-13-27)35(51)41-29(23-32(46)47)34(50)38(37(53)43-18-16-42(17-19-43)24-33(48)49)14-9-15-44(38)36(52)28(39)21-26-10-5-3-6-11-26/h3-8,10-13,25,28-30H,9,14-24,39H2,1-2H3,(H,40,45)(H,41,51)(H,46,47)(H,48,49)/t28-,29-,30-,38+/m0/s1. The Hall–Kier alpha value is -5.15. The van der Waals surface area contributed by atoms with Gasteiger partial charge in [0.2, 0.25) is 17.7 Å². The van der Waals surface area contributed by atoms with Crippen LogP contribution in [0.3, 0.4) is 0 Å². The summed E-state index contributed by atoms with van der Waals surface area (Å²) >= 11 is 0. The van der Waals surface area contributed by atoms with E-state index in [0.717, 1.165) is 10.5 Å². The number of hydrogen-bond acceptors (Lipinski definition) is 9. The number of carbonyl (C=O) groups excluding carboxylic acids is 5. The number of nitrogens with two attached hydrogens (primary N) is 1. The number of likely N-dealkylation sites (tertiary alicyclic amines) is 1. The lowest BCUT2D eigenvalue weighted by Gasteiger charge is -2.44. The first kappa shape index (κ1) is 40.6. The number of carboxylic acid groups (broad SMARTS) is 2. The van der Waals surface area contributed by atoms with E-state index < -0.39 is 71.4 Å². The molecule has 286 valence electrons. The Labute approximate surface area is 308 Å². The Morgan fingerprint density at radius 3 is 1.96 bits per heavy atom. The van der Waals surface area contributed by atoms with Crippen LogP contribution in [0.4, 0.5) is 0 Å². The van der Waals surface area contributed by atoms with Crippen LogP contribution in [0, 0.1) is 5.92 Å². The topological polar surface area (TPSA) is 220 Å². The molecular formula is C38H50N6O9. The van der Waals surface area contributed by atoms with E-state index in [-0.39, 0.29) is 77.3 Å². The summed E-state index contributed by atoms with van der Waals surface area (Å²) in [5.41, 5.74) is 5.70. The molecule has 2 aromatic carbocycles. The fraction of sp³-hybridized carbons (Fsp3) is 0.500. The highest BCUT2D eigenvalue weighted by atomic mass is 16.4. The summed E-state index contributed by atoms with van der Waals surface area (Å²) in [6, 6.07) is 13.8. The van der Waals surface area contributed by atoms with Gasteiger partial charge in [-0.25, -0.2) is 0 Å². The minimum Gasteiger partial charge on any atom is -0.481 e. The summed E-state index contributed by atoms with van der Waals surface area (Å²) < 4.78 is 0. The number of benzene rings is 2. The average Bonchev–Trinajstić information content (AvgIpc) is 3.56. The van der Waals surface area contributed by atoms with Gasteiger partial charge in [0.15, 0.2) is 11.3 Å². The second kappa shape index (κ2) is 18.6. The molecular weight excluding hydrogens is 684 g/mol. The molecule has 4 rings (SSSR count). The lowest BCUT2D eigenvalue weighted by atomic mass is 9.83. The number of carboxylic acids is 2. The first-order valence-corrected chi connectivity index (χ1v) is 18.0. The number of hydrogen-bond donors (Lipinski definition) is 5. The Kier molecular flexibility index (Phi) is 14.2. The Morgan fingerprint density at radius 2 is 1.40 bits per heavy atom. The van der Waals surface area contributed by atoms with E-state index in [1.165, 1.54) is 4.90 Å². The van der Waals surface area contributed by atoms with Gasteiger partial charge in [0.1, 0.15) is 12.1 Å². The monoisotopic (exact) mass is 734 g/mol. The molecule has 15 heteroatoms. The lowest BCUT2D eigenvalue weighted by Crippen LogP contribution is -2.70. The van der Waals surface area contributed by atoms with Crippen LogP contribution in [-0.2, 0) is 46.4 Å². The molecule has 0 spiro atoms. The molecule has 0 bridgehead atoms. The molecule has 2 fully saturated rings. The summed E-state index contributed by atoms with van der Waals surface area (Å²) in [6.07, 6.45) is -0.547. The average molecular weight is 735 g/mol. The zero-order chi connectivity index (χ0) is 38.7. The fourth-order valence-corrected chi connectivity index (χ4v) is 7.09. The van der Waals surface area contributed by atoms with Crippen LogP contribution >= 0.6 is 0 Å². The number of piperazine rings is 1. The predicted octanol–water partition coefficient (Wildman–Crippen LogP) is 0.449. The van der Waals surface area contributed by atoms with Crippen molar-refractivity contribution in [2.45, 2.75) is 76.0 Å². The van der Waals surface area contributed by atoms with Crippen molar-refractivity contribution >= 4 is 41.4 Å². The molecule has 53 heavy (non-hydrogen) atoms. The maximum atomic E-state index is 14.9. The molecule has 0 aromatic heterocycles. The Balaban J connectivity index is 1.66. The number of aliphatic carboxylic acids is 2. The smallest absolute Gasteiger partial charge is 0.317 e. The molecule has 2 aliphatic rings. The third-order valence-electron chi connectivity index (χ3n) is 9.62. The quantitative estimate of drug-likeness (QED) is 0.141. The van der Waals surface area contributed by atoms with Crippen molar-refractivity contribution in [2.24, 2.45) is 11.7 Å². The van der Waals surface area contributed by atoms with Gasteiger partial charge in [-0.05, 0) is 42.7 Å². The van der Waals surface area contributed by atoms with E-state index in [2.05, 4.69) is 10.6 Å². The Morgan fingerprint density at radius 1 is 0.792 bits per heavy atom. The minimum atomic E-state index is -2.20. The van der Waals surface area contributed by atoms with Gasteiger partial charge < -0.3 is 36.4 Å². The van der Waals surface area contributed by atoms with Gasteiger partial charge in [-0.3, -0.25) is 38.5 Å². The third-order valence-corrected chi connectivity index (χ3v) is 9.62. The largest absolute Gasteiger partial charge is 0.481 e. The molecule has 0 saturated carbocycles. The summed E-state index contributed by atoms with van der Waals surface area (Å²) in [5.74, 6) is -6.19. The molecule has 2 saturated heterocycles. The number of rotatable bonds is 17. The van der Waals surface area contributed by atoms with Crippen molar-refractivity contribution in [1.29, 1.82) is 0 Å². The summed E-state index contributed by atoms with van der Waals surface area (Å²) in [4.78, 5) is 98.4. The van der Waals surface area contributed by atoms with Crippen molar-refractivity contribution < 1.29 is 43.8 Å². The van der Waals surface area contributed by atoms with Crippen LogP contribution in [0.5, 0.6) is 0 Å². The van der Waals surface area contributed by atoms with Crippen LogP contribution in [0.1, 0.15) is 50.7 Å². The van der Waals surface area contributed by atoms with E-state index in [1.807, 2.05) is 26.0 Å². The normalized spacial score (nSPS) is 19.2. The number of amides is 4. The minimum absolute atomic E-state index is 0.0160.